The maximum atomic E-state index is 13.2. The molecule has 0 saturated carbocycles. The summed E-state index contributed by atoms with van der Waals surface area (Å²) in [6, 6.07) is 3.40. The lowest BCUT2D eigenvalue weighted by Gasteiger charge is -2.15. The van der Waals surface area contributed by atoms with Crippen LogP contribution in [0.25, 0.3) is 0 Å². The van der Waals surface area contributed by atoms with Crippen molar-refractivity contribution in [3.05, 3.63) is 29.6 Å². The highest BCUT2D eigenvalue weighted by molar-refractivity contribution is 5.94. The number of nitrogens with two attached hydrogens (primary N) is 1. The van der Waals surface area contributed by atoms with E-state index in [1.165, 1.54) is 19.2 Å². The van der Waals surface area contributed by atoms with Gasteiger partial charge in [-0.1, -0.05) is 0 Å². The summed E-state index contributed by atoms with van der Waals surface area (Å²) in [4.78, 5) is 11.8. The van der Waals surface area contributed by atoms with E-state index in [1.54, 1.807) is 0 Å². The van der Waals surface area contributed by atoms with Gasteiger partial charge in [-0.2, -0.15) is 0 Å². The lowest BCUT2D eigenvalue weighted by Crippen LogP contribution is -2.38. The minimum Gasteiger partial charge on any atom is -0.396 e. The Morgan fingerprint density at radius 1 is 1.61 bits per heavy atom. The molecule has 1 unspecified atom stereocenters. The van der Waals surface area contributed by atoms with Gasteiger partial charge in [-0.3, -0.25) is 4.79 Å². The SMILES string of the molecule is COCCC(CO)NC(=O)c1ccc(N)c(F)c1. The topological polar surface area (TPSA) is 84.6 Å². The van der Waals surface area contributed by atoms with E-state index in [2.05, 4.69) is 5.32 Å². The lowest BCUT2D eigenvalue weighted by atomic mass is 10.1. The fourth-order valence-corrected chi connectivity index (χ4v) is 1.41. The molecule has 0 bridgehead atoms. The molecule has 0 radical (unpaired) electrons. The number of nitrogen functional groups attached to an aromatic ring is 1. The van der Waals surface area contributed by atoms with Crippen LogP contribution in [0.3, 0.4) is 0 Å². The van der Waals surface area contributed by atoms with E-state index in [0.29, 0.717) is 13.0 Å². The van der Waals surface area contributed by atoms with E-state index < -0.39 is 17.8 Å². The number of carbonyl (C=O) groups excluding carboxylic acids is 1. The van der Waals surface area contributed by atoms with Gasteiger partial charge in [0.15, 0.2) is 0 Å². The van der Waals surface area contributed by atoms with E-state index in [0.717, 1.165) is 6.07 Å². The van der Waals surface area contributed by atoms with Gasteiger partial charge in [0.25, 0.3) is 5.91 Å². The van der Waals surface area contributed by atoms with Gasteiger partial charge in [0, 0.05) is 19.3 Å². The largest absolute Gasteiger partial charge is 0.396 e. The molecule has 0 saturated heterocycles. The van der Waals surface area contributed by atoms with Gasteiger partial charge in [-0.15, -0.1) is 0 Å². The molecular weight excluding hydrogens is 239 g/mol. The van der Waals surface area contributed by atoms with E-state index in [9.17, 15) is 9.18 Å². The molecule has 1 aromatic carbocycles. The van der Waals surface area contributed by atoms with Crippen molar-refractivity contribution in [2.24, 2.45) is 0 Å². The van der Waals surface area contributed by atoms with Gasteiger partial charge in [0.2, 0.25) is 0 Å². The molecule has 5 nitrogen and oxygen atoms in total. The van der Waals surface area contributed by atoms with Crippen LogP contribution in [0.5, 0.6) is 0 Å². The number of aliphatic hydroxyl groups is 1. The Kier molecular flexibility index (Phi) is 5.54. The van der Waals surface area contributed by atoms with Crippen molar-refractivity contribution in [2.75, 3.05) is 26.1 Å². The van der Waals surface area contributed by atoms with Crippen molar-refractivity contribution < 1.29 is 19.0 Å². The summed E-state index contributed by atoms with van der Waals surface area (Å²) in [5.41, 5.74) is 5.47. The summed E-state index contributed by atoms with van der Waals surface area (Å²) in [5, 5.41) is 11.7. The quantitative estimate of drug-likeness (QED) is 0.648. The van der Waals surface area contributed by atoms with Crippen LogP contribution in [-0.2, 0) is 4.74 Å². The number of aliphatic hydroxyl groups excluding tert-OH is 1. The zero-order chi connectivity index (χ0) is 13.5. The molecule has 100 valence electrons. The minimum atomic E-state index is -0.639. The highest BCUT2D eigenvalue weighted by Gasteiger charge is 2.13. The molecule has 18 heavy (non-hydrogen) atoms. The van der Waals surface area contributed by atoms with Gasteiger partial charge in [0.1, 0.15) is 5.82 Å². The Morgan fingerprint density at radius 2 is 2.33 bits per heavy atom. The lowest BCUT2D eigenvalue weighted by molar-refractivity contribution is 0.0894. The summed E-state index contributed by atoms with van der Waals surface area (Å²) < 4.78 is 18.0. The van der Waals surface area contributed by atoms with Crippen LogP contribution in [0.15, 0.2) is 18.2 Å². The molecule has 0 aliphatic carbocycles. The predicted octanol–water partition coefficient (Wildman–Crippen LogP) is 0.535. The van der Waals surface area contributed by atoms with E-state index >= 15 is 0 Å². The normalized spacial score (nSPS) is 12.2. The number of hydrogen-bond acceptors (Lipinski definition) is 4. The first-order valence-electron chi connectivity index (χ1n) is 5.54. The van der Waals surface area contributed by atoms with Crippen LogP contribution in [0.4, 0.5) is 10.1 Å². The molecule has 0 aromatic heterocycles. The Hall–Kier alpha value is -1.66. The highest BCUT2D eigenvalue weighted by Crippen LogP contribution is 2.12. The van der Waals surface area contributed by atoms with Gasteiger partial charge < -0.3 is 20.9 Å². The molecule has 0 fully saturated rings. The number of benzene rings is 1. The summed E-state index contributed by atoms with van der Waals surface area (Å²) >= 11 is 0. The fourth-order valence-electron chi connectivity index (χ4n) is 1.41. The molecule has 1 amide bonds. The maximum Gasteiger partial charge on any atom is 0.251 e. The monoisotopic (exact) mass is 256 g/mol. The van der Waals surface area contributed by atoms with Gasteiger partial charge in [-0.05, 0) is 24.6 Å². The third-order valence-corrected chi connectivity index (χ3v) is 2.49. The van der Waals surface area contributed by atoms with Gasteiger partial charge >= 0.3 is 0 Å². The minimum absolute atomic E-state index is 0.00959. The molecule has 4 N–H and O–H groups in total. The Balaban J connectivity index is 2.65. The van der Waals surface area contributed by atoms with Crippen molar-refractivity contribution >= 4 is 11.6 Å². The number of methoxy groups -OCH3 is 1. The van der Waals surface area contributed by atoms with Crippen LogP contribution >= 0.6 is 0 Å². The van der Waals surface area contributed by atoms with Crippen LogP contribution in [-0.4, -0.2) is 37.4 Å². The molecule has 0 heterocycles. The molecule has 0 spiro atoms. The Morgan fingerprint density at radius 3 is 2.89 bits per heavy atom. The first-order valence-corrected chi connectivity index (χ1v) is 5.54. The van der Waals surface area contributed by atoms with E-state index in [4.69, 9.17) is 15.6 Å². The Labute approximate surface area is 105 Å². The number of anilines is 1. The number of ether oxygens (including phenoxy) is 1. The third-order valence-electron chi connectivity index (χ3n) is 2.49. The molecular formula is C12H17FN2O3. The number of nitrogens with one attached hydrogen (secondary N) is 1. The highest BCUT2D eigenvalue weighted by atomic mass is 19.1. The van der Waals surface area contributed by atoms with Crippen LogP contribution < -0.4 is 11.1 Å². The first kappa shape index (κ1) is 14.4. The number of rotatable bonds is 6. The smallest absolute Gasteiger partial charge is 0.251 e. The molecule has 0 aliphatic heterocycles. The number of carbonyl (C=O) groups is 1. The second-order valence-corrected chi connectivity index (χ2v) is 3.87. The average Bonchev–Trinajstić information content (AvgIpc) is 2.37. The third kappa shape index (κ3) is 3.97. The zero-order valence-electron chi connectivity index (χ0n) is 10.1. The molecule has 1 rings (SSSR count). The van der Waals surface area contributed by atoms with Crippen molar-refractivity contribution in [3.8, 4) is 0 Å². The molecule has 1 atom stereocenters. The van der Waals surface area contributed by atoms with Crippen LogP contribution in [0.1, 0.15) is 16.8 Å². The van der Waals surface area contributed by atoms with Crippen LogP contribution in [0.2, 0.25) is 0 Å². The molecule has 0 aliphatic rings. The standard InChI is InChI=1S/C12H17FN2O3/c1-18-5-4-9(7-16)15-12(17)8-2-3-11(14)10(13)6-8/h2-3,6,9,16H,4-5,7,14H2,1H3,(H,15,17). The van der Waals surface area contributed by atoms with E-state index in [-0.39, 0.29) is 17.9 Å². The van der Waals surface area contributed by atoms with Crippen molar-refractivity contribution in [3.63, 3.8) is 0 Å². The predicted molar refractivity (Wildman–Crippen MR) is 65.6 cm³/mol. The number of halogens is 1. The number of hydrogen-bond donors (Lipinski definition) is 3. The summed E-state index contributed by atoms with van der Waals surface area (Å²) in [6.07, 6.45) is 0.482. The maximum absolute atomic E-state index is 13.2. The van der Waals surface area contributed by atoms with Crippen molar-refractivity contribution in [2.45, 2.75) is 12.5 Å². The number of amides is 1. The first-order chi connectivity index (χ1) is 8.58. The van der Waals surface area contributed by atoms with Crippen molar-refractivity contribution in [1.29, 1.82) is 0 Å². The summed E-state index contributed by atoms with van der Waals surface area (Å²) in [6.45, 7) is 0.216. The van der Waals surface area contributed by atoms with Gasteiger partial charge in [0.05, 0.1) is 18.3 Å². The fraction of sp³-hybridized carbons (Fsp3) is 0.417. The Bertz CT molecular complexity index is 412. The zero-order valence-corrected chi connectivity index (χ0v) is 10.1. The summed E-state index contributed by atoms with van der Waals surface area (Å²) in [5.74, 6) is -1.09. The van der Waals surface area contributed by atoms with E-state index in [1.807, 2.05) is 0 Å². The summed E-state index contributed by atoms with van der Waals surface area (Å²) in [7, 11) is 1.53. The van der Waals surface area contributed by atoms with Crippen molar-refractivity contribution in [1.82, 2.24) is 5.32 Å². The average molecular weight is 256 g/mol. The molecule has 6 heteroatoms. The van der Waals surface area contributed by atoms with Gasteiger partial charge in [-0.25, -0.2) is 4.39 Å². The second-order valence-electron chi connectivity index (χ2n) is 3.87. The van der Waals surface area contributed by atoms with Crippen LogP contribution in [0, 0.1) is 5.82 Å². The molecule has 1 aromatic rings. The second kappa shape index (κ2) is 6.93.